The van der Waals surface area contributed by atoms with Gasteiger partial charge in [0.15, 0.2) is 11.3 Å². The third kappa shape index (κ3) is 2.48. The Hall–Kier alpha value is -1.84. The van der Waals surface area contributed by atoms with E-state index >= 15 is 0 Å². The second-order valence-corrected chi connectivity index (χ2v) is 5.61. The van der Waals surface area contributed by atoms with Crippen LogP contribution in [0.1, 0.15) is 31.9 Å². The van der Waals surface area contributed by atoms with E-state index < -0.39 is 17.0 Å². The van der Waals surface area contributed by atoms with E-state index in [1.165, 1.54) is 0 Å². The van der Waals surface area contributed by atoms with Crippen LogP contribution in [0.25, 0.3) is 11.0 Å². The number of benzene rings is 1. The van der Waals surface area contributed by atoms with E-state index in [2.05, 4.69) is 0 Å². The molecule has 0 amide bonds. The summed E-state index contributed by atoms with van der Waals surface area (Å²) in [6.07, 6.45) is 0. The maximum Gasteiger partial charge on any atom is 0.339 e. The molecular weight excluding hydrogens is 247 g/mol. The van der Waals surface area contributed by atoms with Crippen molar-refractivity contribution in [2.45, 2.75) is 40.2 Å². The van der Waals surface area contributed by atoms with E-state index in [-0.39, 0.29) is 11.3 Å². The van der Waals surface area contributed by atoms with Crippen LogP contribution in [0.3, 0.4) is 0 Å². The highest BCUT2D eigenvalue weighted by molar-refractivity contribution is 5.82. The van der Waals surface area contributed by atoms with Crippen molar-refractivity contribution in [2.75, 3.05) is 0 Å². The predicted octanol–water partition coefficient (Wildman–Crippen LogP) is 3.73. The highest BCUT2D eigenvalue weighted by Crippen LogP contribution is 2.30. The maximum absolute atomic E-state index is 14.3. The van der Waals surface area contributed by atoms with E-state index in [9.17, 15) is 9.18 Å². The highest BCUT2D eigenvalue weighted by Gasteiger charge is 2.19. The van der Waals surface area contributed by atoms with Crippen molar-refractivity contribution in [1.82, 2.24) is 0 Å². The third-order valence-corrected chi connectivity index (χ3v) is 2.95. The first-order valence-corrected chi connectivity index (χ1v) is 6.12. The van der Waals surface area contributed by atoms with Gasteiger partial charge in [0.25, 0.3) is 0 Å². The Morgan fingerprint density at radius 2 is 1.79 bits per heavy atom. The summed E-state index contributed by atoms with van der Waals surface area (Å²) in [6.45, 7) is 8.92. The van der Waals surface area contributed by atoms with Crippen molar-refractivity contribution in [3.8, 4) is 5.75 Å². The minimum absolute atomic E-state index is 0.0464. The van der Waals surface area contributed by atoms with Gasteiger partial charge in [0, 0.05) is 10.9 Å². The van der Waals surface area contributed by atoms with E-state index in [1.54, 1.807) is 26.0 Å². The summed E-state index contributed by atoms with van der Waals surface area (Å²) in [5.74, 6) is -0.543. The Bertz CT molecular complexity index is 693. The second kappa shape index (κ2) is 4.37. The molecule has 1 aromatic heterocycles. The van der Waals surface area contributed by atoms with Gasteiger partial charge in [0.1, 0.15) is 5.60 Å². The highest BCUT2D eigenvalue weighted by atomic mass is 19.1. The fraction of sp³-hybridized carbons (Fsp3) is 0.400. The van der Waals surface area contributed by atoms with Gasteiger partial charge in [-0.05, 0) is 52.3 Å². The molecule has 0 aliphatic heterocycles. The van der Waals surface area contributed by atoms with Crippen LogP contribution in [0.2, 0.25) is 0 Å². The quantitative estimate of drug-likeness (QED) is 0.737. The standard InChI is InChI=1S/C15H17FO3/c1-8-9(2)14(17)18-13-10(8)6-7-11(12(13)16)19-15(3,4)5/h6-7H,1-5H3. The molecule has 0 saturated carbocycles. The summed E-state index contributed by atoms with van der Waals surface area (Å²) in [5, 5.41) is 0.593. The Balaban J connectivity index is 2.72. The fourth-order valence-electron chi connectivity index (χ4n) is 1.87. The molecule has 2 aromatic rings. The molecular formula is C15H17FO3. The second-order valence-electron chi connectivity index (χ2n) is 5.61. The molecule has 102 valence electrons. The van der Waals surface area contributed by atoms with E-state index in [1.807, 2.05) is 20.8 Å². The van der Waals surface area contributed by atoms with Crippen molar-refractivity contribution in [1.29, 1.82) is 0 Å². The van der Waals surface area contributed by atoms with Crippen LogP contribution in [0.4, 0.5) is 4.39 Å². The number of hydrogen-bond acceptors (Lipinski definition) is 3. The normalized spacial score (nSPS) is 11.9. The number of halogens is 1. The van der Waals surface area contributed by atoms with Gasteiger partial charge >= 0.3 is 5.63 Å². The summed E-state index contributed by atoms with van der Waals surface area (Å²) >= 11 is 0. The molecule has 0 bridgehead atoms. The van der Waals surface area contributed by atoms with Crippen LogP contribution < -0.4 is 10.4 Å². The Morgan fingerprint density at radius 1 is 1.16 bits per heavy atom. The van der Waals surface area contributed by atoms with E-state index in [4.69, 9.17) is 9.15 Å². The molecule has 0 spiro atoms. The fourth-order valence-corrected chi connectivity index (χ4v) is 1.87. The zero-order chi connectivity index (χ0) is 14.4. The Labute approximate surface area is 111 Å². The van der Waals surface area contributed by atoms with Gasteiger partial charge in [0.2, 0.25) is 5.82 Å². The van der Waals surface area contributed by atoms with Crippen LogP contribution in [-0.4, -0.2) is 5.60 Å². The molecule has 4 heteroatoms. The van der Waals surface area contributed by atoms with Gasteiger partial charge in [-0.3, -0.25) is 0 Å². The summed E-state index contributed by atoms with van der Waals surface area (Å²) in [6, 6.07) is 3.28. The predicted molar refractivity (Wildman–Crippen MR) is 72.3 cm³/mol. The molecule has 3 nitrogen and oxygen atoms in total. The third-order valence-electron chi connectivity index (χ3n) is 2.95. The van der Waals surface area contributed by atoms with Crippen molar-refractivity contribution < 1.29 is 13.5 Å². The summed E-state index contributed by atoms with van der Waals surface area (Å²) in [4.78, 5) is 11.6. The molecule has 0 fully saturated rings. The van der Waals surface area contributed by atoms with Crippen LogP contribution in [0.5, 0.6) is 5.75 Å². The summed E-state index contributed by atoms with van der Waals surface area (Å²) in [5.41, 5.74) is 0.143. The van der Waals surface area contributed by atoms with Crippen molar-refractivity contribution in [3.05, 3.63) is 39.5 Å². The van der Waals surface area contributed by atoms with Crippen molar-refractivity contribution in [2.24, 2.45) is 0 Å². The first kappa shape index (κ1) is 13.6. The van der Waals surface area contributed by atoms with Crippen LogP contribution in [0, 0.1) is 19.7 Å². The number of aryl methyl sites for hydroxylation is 1. The van der Waals surface area contributed by atoms with Gasteiger partial charge in [-0.2, -0.15) is 4.39 Å². The maximum atomic E-state index is 14.3. The van der Waals surface area contributed by atoms with Crippen molar-refractivity contribution >= 4 is 11.0 Å². The molecule has 0 aliphatic rings. The number of ether oxygens (including phenoxy) is 1. The summed E-state index contributed by atoms with van der Waals surface area (Å²) in [7, 11) is 0. The molecule has 0 N–H and O–H groups in total. The first-order valence-electron chi connectivity index (χ1n) is 6.12. The lowest BCUT2D eigenvalue weighted by Gasteiger charge is -2.21. The zero-order valence-corrected chi connectivity index (χ0v) is 11.8. The topological polar surface area (TPSA) is 39.4 Å². The SMILES string of the molecule is Cc1c(C)c2ccc(OC(C)(C)C)c(F)c2oc1=O. The number of rotatable bonds is 1. The lowest BCUT2D eigenvalue weighted by Crippen LogP contribution is -2.23. The van der Waals surface area contributed by atoms with Crippen LogP contribution in [-0.2, 0) is 0 Å². The molecule has 0 radical (unpaired) electrons. The molecule has 2 rings (SSSR count). The average Bonchev–Trinajstić information content (AvgIpc) is 2.29. The van der Waals surface area contributed by atoms with Crippen molar-refractivity contribution in [3.63, 3.8) is 0 Å². The molecule has 1 heterocycles. The lowest BCUT2D eigenvalue weighted by atomic mass is 10.1. The van der Waals surface area contributed by atoms with E-state index in [0.29, 0.717) is 10.9 Å². The Kier molecular flexibility index (Phi) is 3.12. The van der Waals surface area contributed by atoms with Gasteiger partial charge in [-0.1, -0.05) is 0 Å². The van der Waals surface area contributed by atoms with E-state index in [0.717, 1.165) is 5.56 Å². The largest absolute Gasteiger partial charge is 0.485 e. The molecule has 0 saturated heterocycles. The molecule has 1 aromatic carbocycles. The van der Waals surface area contributed by atoms with Gasteiger partial charge in [0.05, 0.1) is 0 Å². The molecule has 19 heavy (non-hydrogen) atoms. The molecule has 0 aliphatic carbocycles. The number of hydrogen-bond donors (Lipinski definition) is 0. The smallest absolute Gasteiger partial charge is 0.339 e. The summed E-state index contributed by atoms with van der Waals surface area (Å²) < 4.78 is 24.9. The van der Waals surface area contributed by atoms with Crippen LogP contribution >= 0.6 is 0 Å². The van der Waals surface area contributed by atoms with Gasteiger partial charge in [-0.25, -0.2) is 4.79 Å². The number of fused-ring (bicyclic) bond motifs is 1. The zero-order valence-electron chi connectivity index (χ0n) is 11.8. The van der Waals surface area contributed by atoms with Gasteiger partial charge in [-0.15, -0.1) is 0 Å². The van der Waals surface area contributed by atoms with Gasteiger partial charge < -0.3 is 9.15 Å². The monoisotopic (exact) mass is 264 g/mol. The minimum Gasteiger partial charge on any atom is -0.485 e. The average molecular weight is 264 g/mol. The van der Waals surface area contributed by atoms with Crippen LogP contribution in [0.15, 0.2) is 21.3 Å². The molecule has 0 unspecified atom stereocenters. The minimum atomic E-state index is -0.632. The first-order chi connectivity index (χ1) is 8.70. The lowest BCUT2D eigenvalue weighted by molar-refractivity contribution is 0.124. The Morgan fingerprint density at radius 3 is 2.37 bits per heavy atom. The molecule has 0 atom stereocenters.